The fourth-order valence-electron chi connectivity index (χ4n) is 1.65. The van der Waals surface area contributed by atoms with Crippen LogP contribution in [0.15, 0.2) is 0 Å². The van der Waals surface area contributed by atoms with Crippen LogP contribution in [0.2, 0.25) is 0 Å². The van der Waals surface area contributed by atoms with Gasteiger partial charge in [-0.2, -0.15) is 0 Å². The van der Waals surface area contributed by atoms with Gasteiger partial charge in [-0.15, -0.1) is 0 Å². The molecule has 3 N–H and O–H groups in total. The van der Waals surface area contributed by atoms with Crippen molar-refractivity contribution >= 4 is 5.97 Å². The van der Waals surface area contributed by atoms with Crippen LogP contribution in [0, 0.1) is 0 Å². The Morgan fingerprint density at radius 3 is 2.56 bits per heavy atom. The van der Waals surface area contributed by atoms with Crippen molar-refractivity contribution in [3.63, 3.8) is 0 Å². The number of rotatable bonds is 3. The largest absolute Gasteiger partial charge is 0.465 e. The number of ether oxygens (including phenoxy) is 3. The summed E-state index contributed by atoms with van der Waals surface area (Å²) in [5.74, 6) is -2.60. The van der Waals surface area contributed by atoms with Crippen molar-refractivity contribution in [1.82, 2.24) is 0 Å². The lowest BCUT2D eigenvalue weighted by Gasteiger charge is -2.41. The smallest absolute Gasteiger partial charge is 0.366 e. The number of carbonyl (C=O) groups is 1. The summed E-state index contributed by atoms with van der Waals surface area (Å²) in [6.45, 7) is -0.541. The average molecular weight is 236 g/mol. The molecule has 1 fully saturated rings. The zero-order chi connectivity index (χ0) is 12.3. The van der Waals surface area contributed by atoms with Crippen LogP contribution >= 0.6 is 0 Å². The minimum absolute atomic E-state index is 0.256. The van der Waals surface area contributed by atoms with Gasteiger partial charge in [-0.25, -0.2) is 4.79 Å². The van der Waals surface area contributed by atoms with Gasteiger partial charge in [0.2, 0.25) is 0 Å². The van der Waals surface area contributed by atoms with Crippen LogP contribution < -0.4 is 0 Å². The Morgan fingerprint density at radius 1 is 1.50 bits per heavy atom. The lowest BCUT2D eigenvalue weighted by atomic mass is 9.95. The van der Waals surface area contributed by atoms with Crippen LogP contribution in [-0.2, 0) is 19.0 Å². The average Bonchev–Trinajstić information content (AvgIpc) is 2.31. The van der Waals surface area contributed by atoms with Crippen LogP contribution in [0.25, 0.3) is 0 Å². The van der Waals surface area contributed by atoms with E-state index in [9.17, 15) is 15.0 Å². The Labute approximate surface area is 92.5 Å². The van der Waals surface area contributed by atoms with Gasteiger partial charge in [0.25, 0.3) is 5.79 Å². The normalized spacial score (nSPS) is 39.4. The Bertz CT molecular complexity index is 256. The summed E-state index contributed by atoms with van der Waals surface area (Å²) in [6.07, 6.45) is -3.85. The number of methoxy groups -OCH3 is 2. The van der Waals surface area contributed by atoms with Crippen LogP contribution in [0.3, 0.4) is 0 Å². The van der Waals surface area contributed by atoms with Crippen molar-refractivity contribution in [2.75, 3.05) is 20.8 Å². The van der Waals surface area contributed by atoms with E-state index in [1.165, 1.54) is 7.11 Å². The van der Waals surface area contributed by atoms with E-state index in [1.54, 1.807) is 0 Å². The summed E-state index contributed by atoms with van der Waals surface area (Å²) in [4.78, 5) is 11.5. The molecular formula is C9H16O7. The van der Waals surface area contributed by atoms with E-state index in [4.69, 9.17) is 14.6 Å². The molecule has 0 aromatic carbocycles. The molecule has 7 heteroatoms. The van der Waals surface area contributed by atoms with Crippen molar-refractivity contribution in [3.05, 3.63) is 0 Å². The molecule has 1 aliphatic heterocycles. The zero-order valence-corrected chi connectivity index (χ0v) is 9.12. The molecule has 0 saturated carbocycles. The van der Waals surface area contributed by atoms with Crippen molar-refractivity contribution in [2.24, 2.45) is 0 Å². The van der Waals surface area contributed by atoms with Gasteiger partial charge < -0.3 is 29.5 Å². The molecule has 1 aliphatic rings. The number of hydrogen-bond acceptors (Lipinski definition) is 7. The summed E-state index contributed by atoms with van der Waals surface area (Å²) >= 11 is 0. The summed E-state index contributed by atoms with van der Waals surface area (Å²) in [7, 11) is 2.37. The van der Waals surface area contributed by atoms with Crippen molar-refractivity contribution in [3.8, 4) is 0 Å². The summed E-state index contributed by atoms with van der Waals surface area (Å²) in [5, 5.41) is 28.0. The van der Waals surface area contributed by atoms with E-state index in [-0.39, 0.29) is 6.42 Å². The van der Waals surface area contributed by atoms with Crippen molar-refractivity contribution in [2.45, 2.75) is 30.5 Å². The third kappa shape index (κ3) is 2.18. The Morgan fingerprint density at radius 2 is 2.12 bits per heavy atom. The number of esters is 1. The van der Waals surface area contributed by atoms with E-state index in [1.807, 2.05) is 0 Å². The van der Waals surface area contributed by atoms with Crippen molar-refractivity contribution in [1.29, 1.82) is 0 Å². The minimum atomic E-state index is -1.78. The molecule has 0 bridgehead atoms. The number of carbonyl (C=O) groups excluding carboxylic acids is 1. The van der Waals surface area contributed by atoms with Gasteiger partial charge in [-0.1, -0.05) is 0 Å². The quantitative estimate of drug-likeness (QED) is 0.487. The zero-order valence-electron chi connectivity index (χ0n) is 9.12. The maximum absolute atomic E-state index is 11.5. The standard InChI is InChI=1S/C9H16O7/c1-14-8(13)9(15-2)3-5(11)7(12)6(4-10)16-9/h5-7,10-12H,3-4H2,1-2H3/t5?,6?,7-,9+/m0/s1. The molecule has 1 saturated heterocycles. The number of hydrogen-bond donors (Lipinski definition) is 3. The predicted molar refractivity (Wildman–Crippen MR) is 50.3 cm³/mol. The first-order chi connectivity index (χ1) is 7.50. The maximum Gasteiger partial charge on any atom is 0.366 e. The second-order valence-corrected chi connectivity index (χ2v) is 3.55. The molecule has 94 valence electrons. The van der Waals surface area contributed by atoms with E-state index < -0.39 is 36.7 Å². The second kappa shape index (κ2) is 5.07. The molecule has 0 amide bonds. The SMILES string of the molecule is COC(=O)[C@@]1(OC)CC(O)[C@H](O)C(CO)O1. The second-order valence-electron chi connectivity index (χ2n) is 3.55. The lowest BCUT2D eigenvalue weighted by Crippen LogP contribution is -2.60. The molecule has 0 aliphatic carbocycles. The molecule has 0 radical (unpaired) electrons. The van der Waals surface area contributed by atoms with Gasteiger partial charge in [0.05, 0.1) is 19.8 Å². The van der Waals surface area contributed by atoms with E-state index in [2.05, 4.69) is 4.74 Å². The van der Waals surface area contributed by atoms with Crippen LogP contribution in [0.1, 0.15) is 6.42 Å². The first kappa shape index (κ1) is 13.3. The lowest BCUT2D eigenvalue weighted by molar-refractivity contribution is -0.307. The molecule has 1 rings (SSSR count). The van der Waals surface area contributed by atoms with Crippen molar-refractivity contribution < 1.29 is 34.3 Å². The molecule has 0 aromatic heterocycles. The van der Waals surface area contributed by atoms with Gasteiger partial charge in [0, 0.05) is 13.5 Å². The van der Waals surface area contributed by atoms with E-state index in [0.717, 1.165) is 7.11 Å². The Kier molecular flexibility index (Phi) is 4.22. The molecule has 0 spiro atoms. The fraction of sp³-hybridized carbons (Fsp3) is 0.889. The van der Waals surface area contributed by atoms with Gasteiger partial charge in [0.1, 0.15) is 12.2 Å². The maximum atomic E-state index is 11.5. The molecule has 4 atom stereocenters. The van der Waals surface area contributed by atoms with Crippen LogP contribution in [-0.4, -0.2) is 66.2 Å². The molecular weight excluding hydrogens is 220 g/mol. The molecule has 7 nitrogen and oxygen atoms in total. The predicted octanol–water partition coefficient (Wildman–Crippen LogP) is -1.99. The highest BCUT2D eigenvalue weighted by molar-refractivity contribution is 5.78. The third-order valence-corrected chi connectivity index (χ3v) is 2.60. The monoisotopic (exact) mass is 236 g/mol. The number of aliphatic hydroxyl groups excluding tert-OH is 3. The minimum Gasteiger partial charge on any atom is -0.465 e. The summed E-state index contributed by atoms with van der Waals surface area (Å²) in [6, 6.07) is 0. The van der Waals surface area contributed by atoms with Crippen LogP contribution in [0.4, 0.5) is 0 Å². The molecule has 1 heterocycles. The topological polar surface area (TPSA) is 105 Å². The highest BCUT2D eigenvalue weighted by atomic mass is 16.7. The Hall–Kier alpha value is -0.730. The van der Waals surface area contributed by atoms with Gasteiger partial charge in [-0.3, -0.25) is 0 Å². The molecule has 0 aromatic rings. The van der Waals surface area contributed by atoms with Gasteiger partial charge >= 0.3 is 5.97 Å². The first-order valence-corrected chi connectivity index (χ1v) is 4.79. The van der Waals surface area contributed by atoms with E-state index in [0.29, 0.717) is 0 Å². The van der Waals surface area contributed by atoms with E-state index >= 15 is 0 Å². The third-order valence-electron chi connectivity index (χ3n) is 2.60. The summed E-state index contributed by atoms with van der Waals surface area (Å²) in [5.41, 5.74) is 0. The highest BCUT2D eigenvalue weighted by Crippen LogP contribution is 2.31. The molecule has 16 heavy (non-hydrogen) atoms. The Balaban J connectivity index is 2.91. The van der Waals surface area contributed by atoms with Gasteiger partial charge in [-0.05, 0) is 0 Å². The summed E-state index contributed by atoms with van der Waals surface area (Å²) < 4.78 is 14.6. The fourth-order valence-corrected chi connectivity index (χ4v) is 1.65. The number of aliphatic hydroxyl groups is 3. The molecule has 2 unspecified atom stereocenters. The first-order valence-electron chi connectivity index (χ1n) is 4.79. The van der Waals surface area contributed by atoms with Crippen LogP contribution in [0.5, 0.6) is 0 Å². The highest BCUT2D eigenvalue weighted by Gasteiger charge is 2.52. The van der Waals surface area contributed by atoms with Gasteiger partial charge in [0.15, 0.2) is 0 Å².